The number of hydrogen-bond acceptors (Lipinski definition) is 5. The van der Waals surface area contributed by atoms with Gasteiger partial charge in [-0.3, -0.25) is 4.79 Å². The normalized spacial score (nSPS) is 11.0. The molecule has 0 atom stereocenters. The molecule has 2 aromatic heterocycles. The Balaban J connectivity index is 1.68. The fourth-order valence-corrected chi connectivity index (χ4v) is 3.56. The van der Waals surface area contributed by atoms with Crippen LogP contribution in [0.15, 0.2) is 10.9 Å². The summed E-state index contributed by atoms with van der Waals surface area (Å²) in [6.07, 6.45) is 2.10. The fourth-order valence-electron chi connectivity index (χ4n) is 1.91. The van der Waals surface area contributed by atoms with E-state index in [1.165, 1.54) is 4.88 Å². The lowest BCUT2D eigenvalue weighted by Crippen LogP contribution is -2.25. The van der Waals surface area contributed by atoms with E-state index in [0.29, 0.717) is 18.9 Å². The quantitative estimate of drug-likeness (QED) is 0.850. The highest BCUT2D eigenvalue weighted by Gasteiger charge is 2.08. The van der Waals surface area contributed by atoms with Crippen LogP contribution in [0.25, 0.3) is 0 Å². The minimum atomic E-state index is 0.0992. The van der Waals surface area contributed by atoms with Crippen molar-refractivity contribution in [2.75, 3.05) is 6.54 Å². The number of thiazole rings is 2. The van der Waals surface area contributed by atoms with Crippen LogP contribution in [-0.4, -0.2) is 22.4 Å². The second kappa shape index (κ2) is 7.66. The highest BCUT2D eigenvalue weighted by molar-refractivity contribution is 7.10. The number of hydrogen-bond donors (Lipinski definition) is 1. The van der Waals surface area contributed by atoms with E-state index in [4.69, 9.17) is 0 Å². The lowest BCUT2D eigenvalue weighted by molar-refractivity contribution is -0.121. The topological polar surface area (TPSA) is 54.9 Å². The van der Waals surface area contributed by atoms with Crippen molar-refractivity contribution in [2.45, 2.75) is 46.0 Å². The number of carbonyl (C=O) groups excluding carboxylic acids is 1. The maximum Gasteiger partial charge on any atom is 0.220 e. The SMILES string of the molecule is Cc1ncsc1CCC(=O)NCCc1csc(C(C)C)n1. The molecule has 0 aliphatic heterocycles. The lowest BCUT2D eigenvalue weighted by atomic mass is 10.2. The Labute approximate surface area is 133 Å². The smallest absolute Gasteiger partial charge is 0.220 e. The Bertz CT molecular complexity index is 589. The summed E-state index contributed by atoms with van der Waals surface area (Å²) in [7, 11) is 0. The minimum absolute atomic E-state index is 0.0992. The predicted octanol–water partition coefficient (Wildman–Crippen LogP) is 3.32. The van der Waals surface area contributed by atoms with E-state index < -0.39 is 0 Å². The van der Waals surface area contributed by atoms with Crippen LogP contribution in [0.5, 0.6) is 0 Å². The average Bonchev–Trinajstić information content (AvgIpc) is 3.06. The van der Waals surface area contributed by atoms with Gasteiger partial charge in [0.2, 0.25) is 5.91 Å². The number of nitrogens with zero attached hydrogens (tertiary/aromatic N) is 2. The van der Waals surface area contributed by atoms with Crippen LogP contribution in [0.4, 0.5) is 0 Å². The maximum absolute atomic E-state index is 11.8. The van der Waals surface area contributed by atoms with Crippen LogP contribution in [0, 0.1) is 6.92 Å². The van der Waals surface area contributed by atoms with Gasteiger partial charge in [0.05, 0.1) is 21.9 Å². The zero-order valence-corrected chi connectivity index (χ0v) is 14.3. The second-order valence-electron chi connectivity index (χ2n) is 5.29. The molecule has 2 heterocycles. The van der Waals surface area contributed by atoms with Crippen LogP contribution in [-0.2, 0) is 17.6 Å². The van der Waals surface area contributed by atoms with E-state index in [-0.39, 0.29) is 5.91 Å². The standard InChI is InChI=1S/C15H21N3OS2/c1-10(2)15-18-12(8-20-15)6-7-16-14(19)5-4-13-11(3)17-9-21-13/h8-10H,4-7H2,1-3H3,(H,16,19). The highest BCUT2D eigenvalue weighted by atomic mass is 32.1. The molecule has 4 nitrogen and oxygen atoms in total. The van der Waals surface area contributed by atoms with Gasteiger partial charge in [-0.1, -0.05) is 13.8 Å². The first-order chi connectivity index (χ1) is 10.1. The zero-order chi connectivity index (χ0) is 15.2. The third-order valence-electron chi connectivity index (χ3n) is 3.19. The Morgan fingerprint density at radius 2 is 2.14 bits per heavy atom. The number of carbonyl (C=O) groups is 1. The first-order valence-electron chi connectivity index (χ1n) is 7.16. The van der Waals surface area contributed by atoms with E-state index in [2.05, 4.69) is 34.5 Å². The summed E-state index contributed by atoms with van der Waals surface area (Å²) in [5, 5.41) is 6.21. The molecule has 0 aromatic carbocycles. The van der Waals surface area contributed by atoms with Gasteiger partial charge in [-0.2, -0.15) is 0 Å². The molecular weight excluding hydrogens is 302 g/mol. The van der Waals surface area contributed by atoms with Gasteiger partial charge in [0.1, 0.15) is 0 Å². The molecule has 21 heavy (non-hydrogen) atoms. The molecule has 6 heteroatoms. The van der Waals surface area contributed by atoms with Gasteiger partial charge >= 0.3 is 0 Å². The molecule has 1 N–H and O–H groups in total. The molecular formula is C15H21N3OS2. The Morgan fingerprint density at radius 1 is 1.33 bits per heavy atom. The Kier molecular flexibility index (Phi) is 5.87. The first-order valence-corrected chi connectivity index (χ1v) is 8.92. The molecule has 0 aliphatic carbocycles. The largest absolute Gasteiger partial charge is 0.356 e. The summed E-state index contributed by atoms with van der Waals surface area (Å²) in [5.41, 5.74) is 3.94. The van der Waals surface area contributed by atoms with Crippen molar-refractivity contribution in [1.82, 2.24) is 15.3 Å². The third kappa shape index (κ3) is 4.89. The summed E-state index contributed by atoms with van der Waals surface area (Å²) in [5.74, 6) is 0.572. The van der Waals surface area contributed by atoms with E-state index in [9.17, 15) is 4.79 Å². The second-order valence-corrected chi connectivity index (χ2v) is 7.12. The van der Waals surface area contributed by atoms with E-state index in [1.54, 1.807) is 22.7 Å². The van der Waals surface area contributed by atoms with Crippen molar-refractivity contribution in [3.63, 3.8) is 0 Å². The lowest BCUT2D eigenvalue weighted by Gasteiger charge is -2.03. The average molecular weight is 323 g/mol. The number of aromatic nitrogens is 2. The molecule has 2 rings (SSSR count). The summed E-state index contributed by atoms with van der Waals surface area (Å²) < 4.78 is 0. The number of amides is 1. The summed E-state index contributed by atoms with van der Waals surface area (Å²) in [6.45, 7) is 6.93. The van der Waals surface area contributed by atoms with Crippen LogP contribution >= 0.6 is 22.7 Å². The van der Waals surface area contributed by atoms with Crippen molar-refractivity contribution in [2.24, 2.45) is 0 Å². The van der Waals surface area contributed by atoms with Gasteiger partial charge in [0, 0.05) is 35.6 Å². The van der Waals surface area contributed by atoms with Crippen molar-refractivity contribution in [1.29, 1.82) is 0 Å². The Morgan fingerprint density at radius 3 is 2.76 bits per heavy atom. The molecule has 0 saturated heterocycles. The van der Waals surface area contributed by atoms with Crippen molar-refractivity contribution in [3.05, 3.63) is 32.2 Å². The van der Waals surface area contributed by atoms with Crippen LogP contribution in [0.3, 0.4) is 0 Å². The molecule has 0 spiro atoms. The van der Waals surface area contributed by atoms with Gasteiger partial charge in [-0.25, -0.2) is 9.97 Å². The van der Waals surface area contributed by atoms with Gasteiger partial charge < -0.3 is 5.32 Å². The summed E-state index contributed by atoms with van der Waals surface area (Å²) in [4.78, 5) is 21.8. The van der Waals surface area contributed by atoms with Crippen molar-refractivity contribution >= 4 is 28.6 Å². The van der Waals surface area contributed by atoms with E-state index in [1.807, 2.05) is 12.4 Å². The first kappa shape index (κ1) is 16.1. The molecule has 0 radical (unpaired) electrons. The van der Waals surface area contributed by atoms with Crippen molar-refractivity contribution < 1.29 is 4.79 Å². The van der Waals surface area contributed by atoms with Crippen LogP contribution in [0.1, 0.15) is 47.5 Å². The van der Waals surface area contributed by atoms with Crippen LogP contribution < -0.4 is 5.32 Å². The van der Waals surface area contributed by atoms with Gasteiger partial charge in [-0.05, 0) is 13.3 Å². The number of aryl methyl sites for hydroxylation is 2. The molecule has 0 fully saturated rings. The summed E-state index contributed by atoms with van der Waals surface area (Å²) in [6, 6.07) is 0. The zero-order valence-electron chi connectivity index (χ0n) is 12.7. The predicted molar refractivity (Wildman–Crippen MR) is 88.1 cm³/mol. The van der Waals surface area contributed by atoms with E-state index in [0.717, 1.165) is 29.2 Å². The molecule has 114 valence electrons. The van der Waals surface area contributed by atoms with Gasteiger partial charge in [0.15, 0.2) is 0 Å². The molecule has 0 unspecified atom stereocenters. The maximum atomic E-state index is 11.8. The molecule has 1 amide bonds. The molecule has 2 aromatic rings. The molecule has 0 bridgehead atoms. The number of rotatable bonds is 7. The highest BCUT2D eigenvalue weighted by Crippen LogP contribution is 2.19. The van der Waals surface area contributed by atoms with Gasteiger partial charge in [-0.15, -0.1) is 22.7 Å². The third-order valence-corrected chi connectivity index (χ3v) is 5.38. The molecule has 0 saturated carbocycles. The van der Waals surface area contributed by atoms with Gasteiger partial charge in [0.25, 0.3) is 0 Å². The van der Waals surface area contributed by atoms with Crippen LogP contribution in [0.2, 0.25) is 0 Å². The summed E-state index contributed by atoms with van der Waals surface area (Å²) >= 11 is 3.32. The monoisotopic (exact) mass is 323 g/mol. The van der Waals surface area contributed by atoms with E-state index >= 15 is 0 Å². The number of nitrogens with one attached hydrogen (secondary N) is 1. The minimum Gasteiger partial charge on any atom is -0.356 e. The fraction of sp³-hybridized carbons (Fsp3) is 0.533. The Hall–Kier alpha value is -1.27. The van der Waals surface area contributed by atoms with Crippen molar-refractivity contribution in [3.8, 4) is 0 Å². The molecule has 0 aliphatic rings.